The zero-order valence-electron chi connectivity index (χ0n) is 11.3. The van der Waals surface area contributed by atoms with Crippen LogP contribution in [0.3, 0.4) is 0 Å². The normalized spacial score (nSPS) is 16.4. The second-order valence-corrected chi connectivity index (χ2v) is 5.74. The van der Waals surface area contributed by atoms with Crippen molar-refractivity contribution in [2.24, 2.45) is 0 Å². The maximum Gasteiger partial charge on any atom is 0.119 e. The zero-order chi connectivity index (χ0) is 13.8. The van der Waals surface area contributed by atoms with E-state index in [0.717, 1.165) is 36.9 Å². The topological polar surface area (TPSA) is 21.3 Å². The van der Waals surface area contributed by atoms with E-state index in [2.05, 4.69) is 17.4 Å². The van der Waals surface area contributed by atoms with E-state index >= 15 is 0 Å². The maximum absolute atomic E-state index is 5.97. The van der Waals surface area contributed by atoms with Gasteiger partial charge in [0.15, 0.2) is 0 Å². The van der Waals surface area contributed by atoms with Gasteiger partial charge in [-0.05, 0) is 36.2 Å². The molecule has 0 unspecified atom stereocenters. The average Bonchev–Trinajstić information content (AvgIpc) is 2.44. The number of hydrogen-bond acceptors (Lipinski definition) is 2. The molecule has 2 aromatic rings. The molecule has 1 fully saturated rings. The van der Waals surface area contributed by atoms with Crippen molar-refractivity contribution in [2.75, 3.05) is 19.7 Å². The molecule has 2 nitrogen and oxygen atoms in total. The molecular weight excluding hydrogens is 270 g/mol. The predicted octanol–water partition coefficient (Wildman–Crippen LogP) is 3.65. The third-order valence-corrected chi connectivity index (χ3v) is 4.23. The van der Waals surface area contributed by atoms with E-state index in [1.54, 1.807) is 0 Å². The van der Waals surface area contributed by atoms with Crippen molar-refractivity contribution in [3.05, 3.63) is 65.2 Å². The van der Waals surface area contributed by atoms with Crippen LogP contribution in [0.4, 0.5) is 0 Å². The van der Waals surface area contributed by atoms with Gasteiger partial charge in [-0.3, -0.25) is 0 Å². The Balaban J connectivity index is 1.63. The molecule has 104 valence electrons. The molecule has 0 saturated carbocycles. The molecule has 0 radical (unpaired) electrons. The summed E-state index contributed by atoms with van der Waals surface area (Å²) in [5, 5.41) is 4.16. The number of halogens is 1. The third kappa shape index (κ3) is 2.82. The molecule has 20 heavy (non-hydrogen) atoms. The fourth-order valence-electron chi connectivity index (χ4n) is 2.64. The van der Waals surface area contributed by atoms with Gasteiger partial charge in [-0.2, -0.15) is 0 Å². The van der Waals surface area contributed by atoms with Gasteiger partial charge in [0.1, 0.15) is 5.75 Å². The summed E-state index contributed by atoms with van der Waals surface area (Å²) in [6, 6.07) is 18.2. The minimum atomic E-state index is 0.194. The fourth-order valence-corrected chi connectivity index (χ4v) is 2.76. The molecule has 0 atom stereocenters. The Bertz CT molecular complexity index is 549. The number of nitrogens with one attached hydrogen (secondary N) is 1. The predicted molar refractivity (Wildman–Crippen MR) is 82.6 cm³/mol. The Hall–Kier alpha value is -1.51. The standard InChI is InChI=1S/C17H18ClNO/c18-15-8-6-14(7-9-15)17(12-19-13-17)10-11-20-16-4-2-1-3-5-16/h1-9,19H,10-13H2. The monoisotopic (exact) mass is 287 g/mol. The first kappa shape index (κ1) is 13.5. The van der Waals surface area contributed by atoms with Gasteiger partial charge in [0.2, 0.25) is 0 Å². The molecule has 0 bridgehead atoms. The molecule has 1 saturated heterocycles. The third-order valence-electron chi connectivity index (χ3n) is 3.98. The van der Waals surface area contributed by atoms with Crippen LogP contribution >= 0.6 is 11.6 Å². The highest BCUT2D eigenvalue weighted by molar-refractivity contribution is 6.30. The lowest BCUT2D eigenvalue weighted by Gasteiger charge is -2.43. The second-order valence-electron chi connectivity index (χ2n) is 5.30. The van der Waals surface area contributed by atoms with E-state index in [9.17, 15) is 0 Å². The van der Waals surface area contributed by atoms with E-state index < -0.39 is 0 Å². The van der Waals surface area contributed by atoms with Gasteiger partial charge in [0.05, 0.1) is 6.61 Å². The van der Waals surface area contributed by atoms with Crippen molar-refractivity contribution in [3.8, 4) is 5.75 Å². The summed E-state index contributed by atoms with van der Waals surface area (Å²) in [6.45, 7) is 2.74. The van der Waals surface area contributed by atoms with E-state index in [1.165, 1.54) is 5.56 Å². The Labute approximate surface area is 124 Å². The Morgan fingerprint density at radius 3 is 2.30 bits per heavy atom. The molecule has 1 aliphatic heterocycles. The minimum Gasteiger partial charge on any atom is -0.494 e. The highest BCUT2D eigenvalue weighted by atomic mass is 35.5. The van der Waals surface area contributed by atoms with Crippen LogP contribution in [0.25, 0.3) is 0 Å². The van der Waals surface area contributed by atoms with E-state index in [1.807, 2.05) is 42.5 Å². The summed E-state index contributed by atoms with van der Waals surface area (Å²) < 4.78 is 5.83. The molecule has 0 aliphatic carbocycles. The molecule has 1 aliphatic rings. The number of rotatable bonds is 5. The molecule has 1 heterocycles. The lowest BCUT2D eigenvalue weighted by molar-refractivity contribution is 0.199. The van der Waals surface area contributed by atoms with Crippen LogP contribution in [0.15, 0.2) is 54.6 Å². The van der Waals surface area contributed by atoms with E-state index in [-0.39, 0.29) is 5.41 Å². The largest absolute Gasteiger partial charge is 0.494 e. The Morgan fingerprint density at radius 1 is 1.00 bits per heavy atom. The number of para-hydroxylation sites is 1. The van der Waals surface area contributed by atoms with Crippen LogP contribution in [0.2, 0.25) is 5.02 Å². The summed E-state index contributed by atoms with van der Waals surface area (Å²) in [7, 11) is 0. The lowest BCUT2D eigenvalue weighted by Crippen LogP contribution is -2.57. The summed E-state index contributed by atoms with van der Waals surface area (Å²) >= 11 is 5.97. The quantitative estimate of drug-likeness (QED) is 0.906. The summed E-state index contributed by atoms with van der Waals surface area (Å²) in [5.74, 6) is 0.936. The van der Waals surface area contributed by atoms with Crippen LogP contribution in [-0.4, -0.2) is 19.7 Å². The van der Waals surface area contributed by atoms with Crippen molar-refractivity contribution in [1.29, 1.82) is 0 Å². The number of benzene rings is 2. The highest BCUT2D eigenvalue weighted by Crippen LogP contribution is 2.33. The summed E-state index contributed by atoms with van der Waals surface area (Å²) in [4.78, 5) is 0. The van der Waals surface area contributed by atoms with Gasteiger partial charge in [-0.1, -0.05) is 41.9 Å². The molecule has 0 spiro atoms. The minimum absolute atomic E-state index is 0.194. The smallest absolute Gasteiger partial charge is 0.119 e. The SMILES string of the molecule is Clc1ccc(C2(CCOc3ccccc3)CNC2)cc1. The van der Waals surface area contributed by atoms with E-state index in [0.29, 0.717) is 0 Å². The van der Waals surface area contributed by atoms with Crippen molar-refractivity contribution < 1.29 is 4.74 Å². The molecule has 2 aromatic carbocycles. The Morgan fingerprint density at radius 2 is 1.70 bits per heavy atom. The van der Waals surface area contributed by atoms with Gasteiger partial charge in [0.25, 0.3) is 0 Å². The first-order valence-corrected chi connectivity index (χ1v) is 7.31. The number of hydrogen-bond donors (Lipinski definition) is 1. The van der Waals surface area contributed by atoms with Gasteiger partial charge in [-0.25, -0.2) is 0 Å². The summed E-state index contributed by atoms with van der Waals surface area (Å²) in [6.07, 6.45) is 1.01. The second kappa shape index (κ2) is 5.86. The zero-order valence-corrected chi connectivity index (χ0v) is 12.1. The van der Waals surface area contributed by atoms with Crippen LogP contribution < -0.4 is 10.1 Å². The Kier molecular flexibility index (Phi) is 3.95. The molecular formula is C17H18ClNO. The first-order chi connectivity index (χ1) is 9.78. The average molecular weight is 288 g/mol. The van der Waals surface area contributed by atoms with Crippen LogP contribution in [-0.2, 0) is 5.41 Å². The van der Waals surface area contributed by atoms with Gasteiger partial charge >= 0.3 is 0 Å². The fraction of sp³-hybridized carbons (Fsp3) is 0.294. The molecule has 3 rings (SSSR count). The van der Waals surface area contributed by atoms with Gasteiger partial charge < -0.3 is 10.1 Å². The van der Waals surface area contributed by atoms with Crippen molar-refractivity contribution in [2.45, 2.75) is 11.8 Å². The summed E-state index contributed by atoms with van der Waals surface area (Å²) in [5.41, 5.74) is 1.54. The van der Waals surface area contributed by atoms with Crippen LogP contribution in [0.1, 0.15) is 12.0 Å². The lowest BCUT2D eigenvalue weighted by atomic mass is 9.73. The molecule has 3 heteroatoms. The van der Waals surface area contributed by atoms with Crippen molar-refractivity contribution >= 4 is 11.6 Å². The molecule has 0 amide bonds. The highest BCUT2D eigenvalue weighted by Gasteiger charge is 2.38. The first-order valence-electron chi connectivity index (χ1n) is 6.93. The molecule has 0 aromatic heterocycles. The van der Waals surface area contributed by atoms with Crippen LogP contribution in [0, 0.1) is 0 Å². The van der Waals surface area contributed by atoms with E-state index in [4.69, 9.17) is 16.3 Å². The maximum atomic E-state index is 5.97. The number of ether oxygens (including phenoxy) is 1. The van der Waals surface area contributed by atoms with Crippen LogP contribution in [0.5, 0.6) is 5.75 Å². The van der Waals surface area contributed by atoms with Crippen molar-refractivity contribution in [1.82, 2.24) is 5.32 Å². The van der Waals surface area contributed by atoms with Gasteiger partial charge in [-0.15, -0.1) is 0 Å². The molecule has 1 N–H and O–H groups in total. The van der Waals surface area contributed by atoms with Gasteiger partial charge in [0, 0.05) is 23.5 Å². The van der Waals surface area contributed by atoms with Crippen molar-refractivity contribution in [3.63, 3.8) is 0 Å².